The highest BCUT2D eigenvalue weighted by Crippen LogP contribution is 2.36. The van der Waals surface area contributed by atoms with Gasteiger partial charge in [0.05, 0.1) is 17.4 Å². The molecule has 1 atom stereocenters. The summed E-state index contributed by atoms with van der Waals surface area (Å²) >= 11 is 8.04. The van der Waals surface area contributed by atoms with Gasteiger partial charge in [-0.2, -0.15) is 0 Å². The lowest BCUT2D eigenvalue weighted by atomic mass is 10.1. The van der Waals surface area contributed by atoms with Crippen molar-refractivity contribution in [2.45, 2.75) is 11.8 Å². The highest BCUT2D eigenvalue weighted by atomic mass is 35.5. The number of hydrogen-bond donors (Lipinski definition) is 0. The first-order valence-corrected chi connectivity index (χ1v) is 6.42. The molecule has 1 unspecified atom stereocenters. The zero-order chi connectivity index (χ0) is 11.4. The van der Waals surface area contributed by atoms with Crippen molar-refractivity contribution in [3.05, 3.63) is 52.2 Å². The summed E-state index contributed by atoms with van der Waals surface area (Å²) in [5.74, 6) is 0.890. The predicted octanol–water partition coefficient (Wildman–Crippen LogP) is 4.28. The molecule has 2 rings (SSSR count). The van der Waals surface area contributed by atoms with E-state index >= 15 is 0 Å². The number of rotatable bonds is 4. The van der Waals surface area contributed by atoms with Crippen molar-refractivity contribution in [3.8, 4) is 5.75 Å². The molecule has 0 aliphatic heterocycles. The number of thiophene rings is 1. The van der Waals surface area contributed by atoms with Gasteiger partial charge < -0.3 is 4.74 Å². The van der Waals surface area contributed by atoms with E-state index in [0.29, 0.717) is 0 Å². The summed E-state index contributed by atoms with van der Waals surface area (Å²) < 4.78 is 5.27. The lowest BCUT2D eigenvalue weighted by molar-refractivity contribution is 0.412. The first-order valence-electron chi connectivity index (χ1n) is 5.10. The fourth-order valence-corrected chi connectivity index (χ4v) is 2.90. The molecule has 0 aliphatic rings. The first-order chi connectivity index (χ1) is 7.81. The van der Waals surface area contributed by atoms with Crippen LogP contribution in [-0.4, -0.2) is 7.11 Å². The van der Waals surface area contributed by atoms with Crippen LogP contribution in [0, 0.1) is 0 Å². The van der Waals surface area contributed by atoms with Gasteiger partial charge >= 0.3 is 0 Å². The third-order valence-corrected chi connectivity index (χ3v) is 3.93. The monoisotopic (exact) mass is 252 g/mol. The Kier molecular flexibility index (Phi) is 3.86. The molecule has 84 valence electrons. The highest BCUT2D eigenvalue weighted by Gasteiger charge is 2.15. The van der Waals surface area contributed by atoms with Crippen molar-refractivity contribution in [3.63, 3.8) is 0 Å². The summed E-state index contributed by atoms with van der Waals surface area (Å²) in [6.45, 7) is 0. The summed E-state index contributed by atoms with van der Waals surface area (Å²) in [6.07, 6.45) is 0.833. The highest BCUT2D eigenvalue weighted by molar-refractivity contribution is 7.10. The van der Waals surface area contributed by atoms with E-state index in [4.69, 9.17) is 16.3 Å². The first kappa shape index (κ1) is 11.5. The average molecular weight is 253 g/mol. The Bertz CT molecular complexity index is 438. The molecular formula is C13H13ClOS. The normalized spacial score (nSPS) is 12.4. The van der Waals surface area contributed by atoms with Crippen LogP contribution in [0.4, 0.5) is 0 Å². The molecule has 1 nitrogen and oxygen atoms in total. The van der Waals surface area contributed by atoms with E-state index < -0.39 is 0 Å². The van der Waals surface area contributed by atoms with Crippen molar-refractivity contribution in [2.75, 3.05) is 7.11 Å². The molecule has 1 heterocycles. The van der Waals surface area contributed by atoms with E-state index in [1.807, 2.05) is 29.6 Å². The van der Waals surface area contributed by atoms with Crippen LogP contribution in [0.2, 0.25) is 0 Å². The molecule has 1 aromatic carbocycles. The minimum Gasteiger partial charge on any atom is -0.496 e. The quantitative estimate of drug-likeness (QED) is 0.738. The summed E-state index contributed by atoms with van der Waals surface area (Å²) in [4.78, 5) is 1.10. The molecule has 1 aromatic heterocycles. The smallest absolute Gasteiger partial charge is 0.134 e. The van der Waals surface area contributed by atoms with Crippen LogP contribution in [-0.2, 0) is 6.42 Å². The van der Waals surface area contributed by atoms with Gasteiger partial charge in [-0.05, 0) is 23.4 Å². The molecule has 2 aromatic rings. The Balaban J connectivity index is 2.11. The topological polar surface area (TPSA) is 9.23 Å². The van der Waals surface area contributed by atoms with Crippen molar-refractivity contribution in [1.82, 2.24) is 0 Å². The maximum absolute atomic E-state index is 6.40. The Labute approximate surface area is 105 Å². The van der Waals surface area contributed by atoms with Gasteiger partial charge in [-0.25, -0.2) is 0 Å². The number of halogens is 1. The molecule has 0 N–H and O–H groups in total. The van der Waals surface area contributed by atoms with Gasteiger partial charge in [-0.1, -0.05) is 30.3 Å². The van der Waals surface area contributed by atoms with E-state index in [2.05, 4.69) is 12.1 Å². The Morgan fingerprint density at radius 1 is 1.25 bits per heavy atom. The van der Waals surface area contributed by atoms with Gasteiger partial charge in [-0.15, -0.1) is 22.9 Å². The lowest BCUT2D eigenvalue weighted by Crippen LogP contribution is -1.95. The molecule has 0 saturated heterocycles. The van der Waals surface area contributed by atoms with E-state index in [0.717, 1.165) is 17.0 Å². The Hall–Kier alpha value is -0.990. The molecular weight excluding hydrogens is 240 g/mol. The molecule has 0 fully saturated rings. The summed E-state index contributed by atoms with van der Waals surface area (Å²) in [5.41, 5.74) is 1.25. The van der Waals surface area contributed by atoms with Gasteiger partial charge in [0.15, 0.2) is 0 Å². The van der Waals surface area contributed by atoms with Gasteiger partial charge in [0.1, 0.15) is 5.75 Å². The number of hydrogen-bond acceptors (Lipinski definition) is 2. The van der Waals surface area contributed by atoms with Crippen LogP contribution < -0.4 is 4.74 Å². The van der Waals surface area contributed by atoms with E-state index in [-0.39, 0.29) is 5.38 Å². The van der Waals surface area contributed by atoms with Gasteiger partial charge in [0.2, 0.25) is 0 Å². The third kappa shape index (κ3) is 2.57. The largest absolute Gasteiger partial charge is 0.496 e. The van der Waals surface area contributed by atoms with Crippen molar-refractivity contribution >= 4 is 22.9 Å². The maximum atomic E-state index is 6.40. The molecule has 0 amide bonds. The fraction of sp³-hybridized carbons (Fsp3) is 0.231. The number of methoxy groups -OCH3 is 1. The zero-order valence-electron chi connectivity index (χ0n) is 9.02. The minimum absolute atomic E-state index is 0.0163. The Morgan fingerprint density at radius 2 is 2.00 bits per heavy atom. The van der Waals surface area contributed by atoms with Gasteiger partial charge in [-0.3, -0.25) is 0 Å². The predicted molar refractivity (Wildman–Crippen MR) is 69.6 cm³/mol. The minimum atomic E-state index is -0.0163. The summed E-state index contributed by atoms with van der Waals surface area (Å²) in [7, 11) is 1.68. The van der Waals surface area contributed by atoms with Gasteiger partial charge in [0.25, 0.3) is 0 Å². The second kappa shape index (κ2) is 5.37. The van der Waals surface area contributed by atoms with E-state index in [1.165, 1.54) is 5.56 Å². The summed E-state index contributed by atoms with van der Waals surface area (Å²) in [6, 6.07) is 12.2. The molecule has 0 spiro atoms. The zero-order valence-corrected chi connectivity index (χ0v) is 10.6. The lowest BCUT2D eigenvalue weighted by Gasteiger charge is -2.09. The molecule has 3 heteroatoms. The standard InChI is InChI=1S/C13H13ClOS/c1-15-12-7-8-16-13(12)11(14)9-10-5-3-2-4-6-10/h2-8,11H,9H2,1H3. The van der Waals surface area contributed by atoms with Gasteiger partial charge in [0, 0.05) is 0 Å². The second-order valence-electron chi connectivity index (χ2n) is 3.51. The molecule has 0 bridgehead atoms. The summed E-state index contributed by atoms with van der Waals surface area (Å²) in [5, 5.41) is 1.99. The fourth-order valence-electron chi connectivity index (χ4n) is 1.62. The van der Waals surface area contributed by atoms with Crippen LogP contribution in [0.25, 0.3) is 0 Å². The molecule has 0 aliphatic carbocycles. The molecule has 0 radical (unpaired) electrons. The number of alkyl halides is 1. The number of benzene rings is 1. The van der Waals surface area contributed by atoms with Crippen molar-refractivity contribution in [1.29, 1.82) is 0 Å². The van der Waals surface area contributed by atoms with E-state index in [9.17, 15) is 0 Å². The molecule has 0 saturated carbocycles. The van der Waals surface area contributed by atoms with Crippen molar-refractivity contribution in [2.24, 2.45) is 0 Å². The Morgan fingerprint density at radius 3 is 2.69 bits per heavy atom. The van der Waals surface area contributed by atoms with Crippen LogP contribution >= 0.6 is 22.9 Å². The van der Waals surface area contributed by atoms with Crippen LogP contribution in [0.15, 0.2) is 41.8 Å². The van der Waals surface area contributed by atoms with Crippen LogP contribution in [0.5, 0.6) is 5.75 Å². The van der Waals surface area contributed by atoms with E-state index in [1.54, 1.807) is 18.4 Å². The average Bonchev–Trinajstić information content (AvgIpc) is 2.78. The second-order valence-corrected chi connectivity index (χ2v) is 4.99. The number of ether oxygens (including phenoxy) is 1. The SMILES string of the molecule is COc1ccsc1C(Cl)Cc1ccccc1. The third-order valence-electron chi connectivity index (χ3n) is 2.42. The molecule has 16 heavy (non-hydrogen) atoms. The van der Waals surface area contributed by atoms with Crippen LogP contribution in [0.3, 0.4) is 0 Å². The van der Waals surface area contributed by atoms with Crippen LogP contribution in [0.1, 0.15) is 15.8 Å². The maximum Gasteiger partial charge on any atom is 0.134 e. The van der Waals surface area contributed by atoms with Crippen molar-refractivity contribution < 1.29 is 4.74 Å².